The lowest BCUT2D eigenvalue weighted by atomic mass is 9.84. The SMILES string of the molecule is O=C(CCn1cncn1)N1Cc2ccccc2[C@@H](c2ccccc2)C1. The van der Waals surface area contributed by atoms with Crippen LogP contribution >= 0.6 is 0 Å². The standard InChI is InChI=1S/C20H20N4O/c25-20(10-11-24-15-21-14-22-24)23-12-17-8-4-5-9-18(17)19(13-23)16-6-2-1-3-7-16/h1-9,14-15,19H,10-13H2/t19-/m1/s1. The van der Waals surface area contributed by atoms with Crippen LogP contribution in [0.4, 0.5) is 0 Å². The van der Waals surface area contributed by atoms with Crippen LogP contribution in [0.5, 0.6) is 0 Å². The van der Waals surface area contributed by atoms with Gasteiger partial charge >= 0.3 is 0 Å². The van der Waals surface area contributed by atoms with Crippen molar-refractivity contribution in [3.8, 4) is 0 Å². The lowest BCUT2D eigenvalue weighted by Gasteiger charge is -2.35. The average molecular weight is 332 g/mol. The highest BCUT2D eigenvalue weighted by Gasteiger charge is 2.28. The molecule has 2 aromatic carbocycles. The number of carbonyl (C=O) groups excluding carboxylic acids is 1. The lowest BCUT2D eigenvalue weighted by molar-refractivity contribution is -0.132. The second-order valence-electron chi connectivity index (χ2n) is 6.34. The molecule has 0 bridgehead atoms. The third kappa shape index (κ3) is 3.31. The van der Waals surface area contributed by atoms with Gasteiger partial charge in [-0.2, -0.15) is 5.10 Å². The first-order valence-corrected chi connectivity index (χ1v) is 8.54. The molecule has 4 rings (SSSR count). The van der Waals surface area contributed by atoms with Crippen molar-refractivity contribution in [1.29, 1.82) is 0 Å². The zero-order valence-electron chi connectivity index (χ0n) is 14.0. The first-order chi connectivity index (χ1) is 12.3. The quantitative estimate of drug-likeness (QED) is 0.738. The van der Waals surface area contributed by atoms with Crippen LogP contribution < -0.4 is 0 Å². The van der Waals surface area contributed by atoms with Crippen molar-refractivity contribution in [2.45, 2.75) is 25.4 Å². The molecule has 1 aromatic heterocycles. The number of carbonyl (C=O) groups is 1. The van der Waals surface area contributed by atoms with Gasteiger partial charge in [0.15, 0.2) is 0 Å². The van der Waals surface area contributed by atoms with Crippen LogP contribution in [0.2, 0.25) is 0 Å². The molecule has 1 aliphatic rings. The fraction of sp³-hybridized carbons (Fsp3) is 0.250. The normalized spacial score (nSPS) is 16.5. The van der Waals surface area contributed by atoms with Crippen molar-refractivity contribution < 1.29 is 4.79 Å². The van der Waals surface area contributed by atoms with Gasteiger partial charge < -0.3 is 4.90 Å². The third-order valence-corrected chi connectivity index (χ3v) is 4.77. The highest BCUT2D eigenvalue weighted by Crippen LogP contribution is 2.33. The summed E-state index contributed by atoms with van der Waals surface area (Å²) in [4.78, 5) is 18.6. The van der Waals surface area contributed by atoms with Crippen LogP contribution in [0, 0.1) is 0 Å². The predicted octanol–water partition coefficient (Wildman–Crippen LogP) is 2.84. The molecule has 0 fully saturated rings. The lowest BCUT2D eigenvalue weighted by Crippen LogP contribution is -2.39. The maximum atomic E-state index is 12.7. The van der Waals surface area contributed by atoms with Crippen molar-refractivity contribution in [3.05, 3.63) is 83.9 Å². The maximum Gasteiger partial charge on any atom is 0.224 e. The minimum atomic E-state index is 0.158. The number of aryl methyl sites for hydroxylation is 1. The summed E-state index contributed by atoms with van der Waals surface area (Å²) >= 11 is 0. The maximum absolute atomic E-state index is 12.7. The van der Waals surface area contributed by atoms with E-state index >= 15 is 0 Å². The van der Waals surface area contributed by atoms with E-state index in [-0.39, 0.29) is 11.8 Å². The van der Waals surface area contributed by atoms with Crippen LogP contribution in [-0.4, -0.2) is 32.1 Å². The Bertz CT molecular complexity index is 845. The minimum Gasteiger partial charge on any atom is -0.337 e. The predicted molar refractivity (Wildman–Crippen MR) is 94.8 cm³/mol. The molecular weight excluding hydrogens is 312 g/mol. The molecule has 0 N–H and O–H groups in total. The summed E-state index contributed by atoms with van der Waals surface area (Å²) in [6.45, 7) is 1.96. The number of benzene rings is 2. The van der Waals surface area contributed by atoms with Gasteiger partial charge in [0.2, 0.25) is 5.91 Å². The molecule has 1 amide bonds. The molecule has 0 spiro atoms. The van der Waals surface area contributed by atoms with Gasteiger partial charge in [0.25, 0.3) is 0 Å². The zero-order chi connectivity index (χ0) is 17.1. The molecule has 0 radical (unpaired) electrons. The number of hydrogen-bond donors (Lipinski definition) is 0. The van der Waals surface area contributed by atoms with Crippen molar-refractivity contribution in [1.82, 2.24) is 19.7 Å². The Hall–Kier alpha value is -2.95. The van der Waals surface area contributed by atoms with Gasteiger partial charge in [-0.3, -0.25) is 9.48 Å². The number of nitrogens with zero attached hydrogens (tertiary/aromatic N) is 4. The molecule has 1 atom stereocenters. The number of amides is 1. The van der Waals surface area contributed by atoms with E-state index in [0.717, 1.165) is 6.54 Å². The summed E-state index contributed by atoms with van der Waals surface area (Å²) in [5.41, 5.74) is 3.81. The summed E-state index contributed by atoms with van der Waals surface area (Å²) in [6, 6.07) is 18.9. The molecule has 0 saturated heterocycles. The van der Waals surface area contributed by atoms with Crippen molar-refractivity contribution >= 4 is 5.91 Å². The number of hydrogen-bond acceptors (Lipinski definition) is 3. The van der Waals surface area contributed by atoms with Gasteiger partial charge in [-0.05, 0) is 16.7 Å². The second-order valence-corrected chi connectivity index (χ2v) is 6.34. The first-order valence-electron chi connectivity index (χ1n) is 8.54. The Balaban J connectivity index is 1.56. The summed E-state index contributed by atoms with van der Waals surface area (Å²) in [7, 11) is 0. The van der Waals surface area contributed by atoms with Gasteiger partial charge in [0.05, 0.1) is 6.54 Å². The van der Waals surface area contributed by atoms with Crippen molar-refractivity contribution in [2.24, 2.45) is 0 Å². The summed E-state index contributed by atoms with van der Waals surface area (Å²) in [6.07, 6.45) is 3.58. The monoisotopic (exact) mass is 332 g/mol. The third-order valence-electron chi connectivity index (χ3n) is 4.77. The highest BCUT2D eigenvalue weighted by molar-refractivity contribution is 5.76. The number of aromatic nitrogens is 3. The summed E-state index contributed by atoms with van der Waals surface area (Å²) in [5.74, 6) is 0.382. The van der Waals surface area contributed by atoms with Crippen LogP contribution in [0.25, 0.3) is 0 Å². The molecule has 25 heavy (non-hydrogen) atoms. The van der Waals surface area contributed by atoms with Crippen LogP contribution in [0.1, 0.15) is 29.0 Å². The van der Waals surface area contributed by atoms with Crippen LogP contribution in [0.3, 0.4) is 0 Å². The van der Waals surface area contributed by atoms with E-state index in [2.05, 4.69) is 52.5 Å². The van der Waals surface area contributed by atoms with Crippen molar-refractivity contribution in [3.63, 3.8) is 0 Å². The fourth-order valence-electron chi connectivity index (χ4n) is 3.48. The highest BCUT2D eigenvalue weighted by atomic mass is 16.2. The second kappa shape index (κ2) is 6.89. The molecule has 126 valence electrons. The fourth-order valence-corrected chi connectivity index (χ4v) is 3.48. The Kier molecular flexibility index (Phi) is 4.29. The Morgan fingerprint density at radius 1 is 1.08 bits per heavy atom. The summed E-state index contributed by atoms with van der Waals surface area (Å²) in [5, 5.41) is 4.07. The minimum absolute atomic E-state index is 0.158. The van der Waals surface area contributed by atoms with Crippen LogP contribution in [0.15, 0.2) is 67.3 Å². The van der Waals surface area contributed by atoms with Gasteiger partial charge in [0.1, 0.15) is 12.7 Å². The topological polar surface area (TPSA) is 51.0 Å². The Morgan fingerprint density at radius 3 is 2.68 bits per heavy atom. The Labute approximate surface area is 146 Å². The molecule has 5 nitrogen and oxygen atoms in total. The summed E-state index contributed by atoms with van der Waals surface area (Å²) < 4.78 is 1.70. The largest absolute Gasteiger partial charge is 0.337 e. The van der Waals surface area contributed by atoms with Gasteiger partial charge in [0, 0.05) is 25.4 Å². The van der Waals surface area contributed by atoms with E-state index in [9.17, 15) is 4.79 Å². The average Bonchev–Trinajstić information content (AvgIpc) is 3.19. The zero-order valence-corrected chi connectivity index (χ0v) is 14.0. The smallest absolute Gasteiger partial charge is 0.224 e. The van der Waals surface area contributed by atoms with Gasteiger partial charge in [-0.15, -0.1) is 0 Å². The van der Waals surface area contributed by atoms with E-state index in [0.29, 0.717) is 19.5 Å². The van der Waals surface area contributed by atoms with E-state index in [4.69, 9.17) is 0 Å². The van der Waals surface area contributed by atoms with E-state index in [1.54, 1.807) is 11.0 Å². The molecule has 3 aromatic rings. The Morgan fingerprint density at radius 2 is 1.88 bits per heavy atom. The van der Waals surface area contributed by atoms with Gasteiger partial charge in [-0.1, -0.05) is 54.6 Å². The molecule has 0 unspecified atom stereocenters. The van der Waals surface area contributed by atoms with E-state index < -0.39 is 0 Å². The molecular formula is C20H20N4O. The molecule has 2 heterocycles. The first kappa shape index (κ1) is 15.6. The van der Waals surface area contributed by atoms with E-state index in [1.165, 1.54) is 23.0 Å². The molecule has 0 aliphatic carbocycles. The molecule has 5 heteroatoms. The number of rotatable bonds is 4. The molecule has 0 saturated carbocycles. The van der Waals surface area contributed by atoms with Crippen LogP contribution in [-0.2, 0) is 17.9 Å². The molecule has 1 aliphatic heterocycles. The van der Waals surface area contributed by atoms with E-state index in [1.807, 2.05) is 17.0 Å². The van der Waals surface area contributed by atoms with Crippen molar-refractivity contribution in [2.75, 3.05) is 6.54 Å². The van der Waals surface area contributed by atoms with Gasteiger partial charge in [-0.25, -0.2) is 4.98 Å². The number of fused-ring (bicyclic) bond motifs is 1.